The average Bonchev–Trinajstić information content (AvgIpc) is 2.69. The molecule has 0 radical (unpaired) electrons. The van der Waals surface area contributed by atoms with Crippen molar-refractivity contribution >= 4 is 11.6 Å². The van der Waals surface area contributed by atoms with Crippen molar-refractivity contribution in [1.29, 1.82) is 0 Å². The van der Waals surface area contributed by atoms with Gasteiger partial charge in [-0.25, -0.2) is 0 Å². The molecule has 148 valence electrons. The molecule has 1 N–H and O–H groups in total. The van der Waals surface area contributed by atoms with Crippen molar-refractivity contribution in [2.75, 3.05) is 20.3 Å². The number of benzene rings is 1. The molecule has 1 aromatic rings. The van der Waals surface area contributed by atoms with E-state index in [-0.39, 0.29) is 17.3 Å². The molecule has 2 aliphatic carbocycles. The average molecular weight is 381 g/mol. The standard InChI is InChI=1S/C23H27NO4/c1-28-14-6-13-24-16-8-4-11-19(26)22(16)21(15-7-2-3-10-18(15)25)23-17(24)9-5-12-20(23)27/h2-3,7,10,21,25H,4-6,8-9,11-14H2,1H3. The van der Waals surface area contributed by atoms with Crippen molar-refractivity contribution in [2.24, 2.45) is 0 Å². The molecule has 4 rings (SSSR count). The normalized spacial score (nSPS) is 20.5. The van der Waals surface area contributed by atoms with Gasteiger partial charge in [-0.05, 0) is 38.2 Å². The maximum atomic E-state index is 13.1. The van der Waals surface area contributed by atoms with E-state index >= 15 is 0 Å². The van der Waals surface area contributed by atoms with Crippen LogP contribution in [0.15, 0.2) is 46.8 Å². The van der Waals surface area contributed by atoms with E-state index in [0.29, 0.717) is 25.0 Å². The van der Waals surface area contributed by atoms with Gasteiger partial charge in [0.2, 0.25) is 0 Å². The largest absolute Gasteiger partial charge is 0.508 e. The predicted octanol–water partition coefficient (Wildman–Crippen LogP) is 3.84. The summed E-state index contributed by atoms with van der Waals surface area (Å²) in [5.74, 6) is -0.0754. The maximum absolute atomic E-state index is 13.1. The number of carbonyl (C=O) groups is 2. The highest BCUT2D eigenvalue weighted by Gasteiger charge is 2.43. The maximum Gasteiger partial charge on any atom is 0.161 e. The summed E-state index contributed by atoms with van der Waals surface area (Å²) >= 11 is 0. The quantitative estimate of drug-likeness (QED) is 0.785. The fourth-order valence-corrected chi connectivity index (χ4v) is 4.90. The zero-order chi connectivity index (χ0) is 19.7. The molecular weight excluding hydrogens is 354 g/mol. The monoisotopic (exact) mass is 381 g/mol. The SMILES string of the molecule is COCCCN1C2=C(C(=O)CCC2)C(c2ccccc2O)C2=C1CCCC2=O. The van der Waals surface area contributed by atoms with Crippen molar-refractivity contribution in [2.45, 2.75) is 50.9 Å². The van der Waals surface area contributed by atoms with E-state index in [1.807, 2.05) is 12.1 Å². The minimum absolute atomic E-state index is 0.108. The summed E-state index contributed by atoms with van der Waals surface area (Å²) in [5, 5.41) is 10.6. The van der Waals surface area contributed by atoms with Crippen LogP contribution in [-0.2, 0) is 14.3 Å². The lowest BCUT2D eigenvalue weighted by molar-refractivity contribution is -0.117. The number of phenols is 1. The fraction of sp³-hybridized carbons (Fsp3) is 0.478. The Hall–Kier alpha value is -2.40. The summed E-state index contributed by atoms with van der Waals surface area (Å²) < 4.78 is 5.23. The number of ketones is 2. The van der Waals surface area contributed by atoms with Gasteiger partial charge in [0, 0.05) is 67.1 Å². The zero-order valence-corrected chi connectivity index (χ0v) is 16.4. The molecule has 1 aliphatic heterocycles. The second-order valence-electron chi connectivity index (χ2n) is 7.76. The number of aromatic hydroxyl groups is 1. The molecule has 5 nitrogen and oxygen atoms in total. The first-order chi connectivity index (χ1) is 13.6. The summed E-state index contributed by atoms with van der Waals surface area (Å²) in [6, 6.07) is 7.12. The van der Waals surface area contributed by atoms with Gasteiger partial charge in [0.05, 0.1) is 0 Å². The van der Waals surface area contributed by atoms with Crippen LogP contribution < -0.4 is 0 Å². The smallest absolute Gasteiger partial charge is 0.161 e. The van der Waals surface area contributed by atoms with Crippen molar-refractivity contribution in [3.8, 4) is 5.75 Å². The van der Waals surface area contributed by atoms with Gasteiger partial charge in [-0.15, -0.1) is 0 Å². The molecule has 3 aliphatic rings. The number of nitrogens with zero attached hydrogens (tertiary/aromatic N) is 1. The van der Waals surface area contributed by atoms with Crippen LogP contribution in [0.2, 0.25) is 0 Å². The molecule has 0 aromatic heterocycles. The number of phenolic OH excluding ortho intramolecular Hbond substituents is 1. The van der Waals surface area contributed by atoms with Crippen LogP contribution in [0, 0.1) is 0 Å². The summed E-state index contributed by atoms with van der Waals surface area (Å²) in [5.41, 5.74) is 4.21. The number of ether oxygens (including phenoxy) is 1. The van der Waals surface area contributed by atoms with Gasteiger partial charge < -0.3 is 14.7 Å². The van der Waals surface area contributed by atoms with Crippen LogP contribution in [0.1, 0.15) is 56.4 Å². The summed E-state index contributed by atoms with van der Waals surface area (Å²) in [6.45, 7) is 1.39. The molecule has 0 amide bonds. The number of carbonyl (C=O) groups excluding carboxylic acids is 2. The lowest BCUT2D eigenvalue weighted by atomic mass is 9.70. The highest BCUT2D eigenvalue weighted by atomic mass is 16.5. The van der Waals surface area contributed by atoms with Gasteiger partial charge in [0.25, 0.3) is 0 Å². The Morgan fingerprint density at radius 1 is 1.00 bits per heavy atom. The first-order valence-corrected chi connectivity index (χ1v) is 10.2. The van der Waals surface area contributed by atoms with Crippen LogP contribution >= 0.6 is 0 Å². The zero-order valence-electron chi connectivity index (χ0n) is 16.4. The molecule has 0 bridgehead atoms. The molecule has 1 heterocycles. The van der Waals surface area contributed by atoms with Gasteiger partial charge >= 0.3 is 0 Å². The molecule has 28 heavy (non-hydrogen) atoms. The lowest BCUT2D eigenvalue weighted by Crippen LogP contribution is -2.39. The third-order valence-electron chi connectivity index (χ3n) is 6.06. The molecule has 0 saturated heterocycles. The van der Waals surface area contributed by atoms with Gasteiger partial charge in [-0.2, -0.15) is 0 Å². The van der Waals surface area contributed by atoms with Gasteiger partial charge in [0.15, 0.2) is 11.6 Å². The minimum Gasteiger partial charge on any atom is -0.508 e. The first-order valence-electron chi connectivity index (χ1n) is 10.2. The van der Waals surface area contributed by atoms with E-state index in [4.69, 9.17) is 4.74 Å². The highest BCUT2D eigenvalue weighted by Crippen LogP contribution is 2.50. The molecular formula is C23H27NO4. The summed E-state index contributed by atoms with van der Waals surface area (Å²) in [4.78, 5) is 28.3. The van der Waals surface area contributed by atoms with E-state index in [1.54, 1.807) is 19.2 Å². The van der Waals surface area contributed by atoms with E-state index in [1.165, 1.54) is 0 Å². The molecule has 5 heteroatoms. The Kier molecular flexibility index (Phi) is 5.36. The third kappa shape index (κ3) is 3.18. The number of methoxy groups -OCH3 is 1. The van der Waals surface area contributed by atoms with Gasteiger partial charge in [-0.3, -0.25) is 9.59 Å². The van der Waals surface area contributed by atoms with Crippen molar-refractivity contribution in [3.63, 3.8) is 0 Å². The Morgan fingerprint density at radius 3 is 2.18 bits per heavy atom. The predicted molar refractivity (Wildman–Crippen MR) is 106 cm³/mol. The third-order valence-corrected chi connectivity index (χ3v) is 6.06. The van der Waals surface area contributed by atoms with Crippen molar-refractivity contribution < 1.29 is 19.4 Å². The number of hydrogen-bond acceptors (Lipinski definition) is 5. The number of para-hydroxylation sites is 1. The van der Waals surface area contributed by atoms with E-state index < -0.39 is 5.92 Å². The molecule has 1 aromatic carbocycles. The molecule has 0 atom stereocenters. The second kappa shape index (κ2) is 7.92. The van der Waals surface area contributed by atoms with Gasteiger partial charge in [0.1, 0.15) is 5.75 Å². The summed E-state index contributed by atoms with van der Waals surface area (Å²) in [7, 11) is 1.69. The van der Waals surface area contributed by atoms with Crippen LogP contribution in [0.25, 0.3) is 0 Å². The molecule has 0 fully saturated rings. The van der Waals surface area contributed by atoms with E-state index in [9.17, 15) is 14.7 Å². The van der Waals surface area contributed by atoms with E-state index in [2.05, 4.69) is 4.90 Å². The molecule has 0 saturated carbocycles. The van der Waals surface area contributed by atoms with Crippen LogP contribution in [-0.4, -0.2) is 41.8 Å². The second-order valence-corrected chi connectivity index (χ2v) is 7.76. The first kappa shape index (κ1) is 18.9. The Balaban J connectivity index is 1.89. The minimum atomic E-state index is -0.439. The van der Waals surface area contributed by atoms with Gasteiger partial charge in [-0.1, -0.05) is 18.2 Å². The fourth-order valence-electron chi connectivity index (χ4n) is 4.90. The molecule has 0 unspecified atom stereocenters. The summed E-state index contributed by atoms with van der Waals surface area (Å²) in [6.07, 6.45) is 5.20. The number of Topliss-reactive ketones (excluding diaryl/α,β-unsaturated/α-hetero) is 2. The molecule has 0 spiro atoms. The Morgan fingerprint density at radius 2 is 1.61 bits per heavy atom. The number of hydrogen-bond donors (Lipinski definition) is 1. The van der Waals surface area contributed by atoms with Crippen LogP contribution in [0.5, 0.6) is 5.75 Å². The topological polar surface area (TPSA) is 66.8 Å². The highest BCUT2D eigenvalue weighted by molar-refractivity contribution is 6.06. The lowest BCUT2D eigenvalue weighted by Gasteiger charge is -2.44. The van der Waals surface area contributed by atoms with E-state index in [0.717, 1.165) is 61.2 Å². The van der Waals surface area contributed by atoms with Crippen LogP contribution in [0.3, 0.4) is 0 Å². The Labute approximate surface area is 165 Å². The number of allylic oxidation sites excluding steroid dienone is 4. The Bertz CT molecular complexity index is 823. The number of rotatable bonds is 5. The van der Waals surface area contributed by atoms with Crippen LogP contribution in [0.4, 0.5) is 0 Å². The van der Waals surface area contributed by atoms with Crippen molar-refractivity contribution in [3.05, 3.63) is 52.4 Å². The van der Waals surface area contributed by atoms with Crippen molar-refractivity contribution in [1.82, 2.24) is 4.90 Å².